The number of benzene rings is 1. The van der Waals surface area contributed by atoms with E-state index in [1.165, 1.54) is 23.5 Å². The van der Waals surface area contributed by atoms with Crippen LogP contribution in [0.25, 0.3) is 0 Å². The lowest BCUT2D eigenvalue weighted by Crippen LogP contribution is -2.42. The Morgan fingerprint density at radius 1 is 1.33 bits per heavy atom. The summed E-state index contributed by atoms with van der Waals surface area (Å²) in [6.45, 7) is 5.29. The maximum absolute atomic E-state index is 12.2. The van der Waals surface area contributed by atoms with E-state index in [0.29, 0.717) is 15.8 Å². The summed E-state index contributed by atoms with van der Waals surface area (Å²) in [6, 6.07) is 3.18. The molecule has 0 aliphatic heterocycles. The lowest BCUT2D eigenvalue weighted by Gasteiger charge is -2.09. The molecule has 30 heavy (non-hydrogen) atoms. The highest BCUT2D eigenvalue weighted by Gasteiger charge is 2.21. The van der Waals surface area contributed by atoms with Crippen molar-refractivity contribution in [2.75, 3.05) is 13.2 Å². The molecule has 10 nitrogen and oxygen atoms in total. The Balaban J connectivity index is 1.98. The summed E-state index contributed by atoms with van der Waals surface area (Å²) in [6.07, 6.45) is 0. The summed E-state index contributed by atoms with van der Waals surface area (Å²) in [5, 5.41) is 17.7. The van der Waals surface area contributed by atoms with Gasteiger partial charge in [0.1, 0.15) is 0 Å². The molecule has 2 aromatic rings. The van der Waals surface area contributed by atoms with Crippen LogP contribution in [0.3, 0.4) is 0 Å². The van der Waals surface area contributed by atoms with Crippen molar-refractivity contribution in [3.05, 3.63) is 45.0 Å². The van der Waals surface area contributed by atoms with Crippen LogP contribution in [-0.2, 0) is 9.53 Å². The SMILES string of the molecule is Cc1csc(Sc2ccc(C(=O)OCC(=O)NC(=O)NCC(C)C)cc2[N+](=O)[O-])n1. The minimum Gasteiger partial charge on any atom is -0.452 e. The Labute approximate surface area is 180 Å². The van der Waals surface area contributed by atoms with E-state index < -0.39 is 29.4 Å². The highest BCUT2D eigenvalue weighted by molar-refractivity contribution is 8.01. The summed E-state index contributed by atoms with van der Waals surface area (Å²) in [5.74, 6) is -1.52. The quantitative estimate of drug-likeness (QED) is 0.353. The number of ether oxygens (including phenoxy) is 1. The molecule has 0 bridgehead atoms. The van der Waals surface area contributed by atoms with Gasteiger partial charge < -0.3 is 10.1 Å². The second-order valence-electron chi connectivity index (χ2n) is 6.52. The number of carbonyl (C=O) groups is 3. The third-order valence-corrected chi connectivity index (χ3v) is 5.57. The monoisotopic (exact) mass is 452 g/mol. The maximum Gasteiger partial charge on any atom is 0.338 e. The molecule has 12 heteroatoms. The fourth-order valence-corrected chi connectivity index (χ4v) is 3.94. The van der Waals surface area contributed by atoms with Gasteiger partial charge in [-0.25, -0.2) is 14.6 Å². The Hall–Kier alpha value is -2.99. The summed E-state index contributed by atoms with van der Waals surface area (Å²) in [7, 11) is 0. The predicted octanol–water partition coefficient (Wildman–Crippen LogP) is 3.15. The van der Waals surface area contributed by atoms with Gasteiger partial charge in [-0.15, -0.1) is 11.3 Å². The van der Waals surface area contributed by atoms with Crippen molar-refractivity contribution in [1.29, 1.82) is 0 Å². The molecule has 0 radical (unpaired) electrons. The van der Waals surface area contributed by atoms with Gasteiger partial charge in [0.25, 0.3) is 11.6 Å². The van der Waals surface area contributed by atoms with Gasteiger partial charge >= 0.3 is 12.0 Å². The van der Waals surface area contributed by atoms with Gasteiger partial charge in [0.15, 0.2) is 10.9 Å². The van der Waals surface area contributed by atoms with Gasteiger partial charge in [-0.05, 0) is 25.0 Å². The van der Waals surface area contributed by atoms with E-state index in [0.717, 1.165) is 23.5 Å². The number of urea groups is 1. The molecule has 1 heterocycles. The molecule has 0 saturated heterocycles. The number of hydrogen-bond donors (Lipinski definition) is 2. The number of esters is 1. The van der Waals surface area contributed by atoms with Gasteiger partial charge in [-0.3, -0.25) is 20.2 Å². The Kier molecular flexibility index (Phi) is 8.30. The van der Waals surface area contributed by atoms with Crippen molar-refractivity contribution in [2.45, 2.75) is 30.0 Å². The van der Waals surface area contributed by atoms with Crippen LogP contribution in [0.1, 0.15) is 29.9 Å². The first-order chi connectivity index (χ1) is 14.2. The zero-order valence-corrected chi connectivity index (χ0v) is 18.1. The first kappa shape index (κ1) is 23.3. The van der Waals surface area contributed by atoms with Crippen LogP contribution in [-0.4, -0.2) is 41.0 Å². The van der Waals surface area contributed by atoms with Crippen LogP contribution in [0.5, 0.6) is 0 Å². The van der Waals surface area contributed by atoms with Crippen molar-refractivity contribution in [1.82, 2.24) is 15.6 Å². The van der Waals surface area contributed by atoms with Gasteiger partial charge in [-0.1, -0.05) is 25.6 Å². The van der Waals surface area contributed by atoms with E-state index >= 15 is 0 Å². The Morgan fingerprint density at radius 2 is 2.07 bits per heavy atom. The van der Waals surface area contributed by atoms with Crippen molar-refractivity contribution in [2.24, 2.45) is 5.92 Å². The summed E-state index contributed by atoms with van der Waals surface area (Å²) < 4.78 is 5.48. The number of aromatic nitrogens is 1. The topological polar surface area (TPSA) is 141 Å². The molecule has 0 spiro atoms. The number of rotatable bonds is 8. The van der Waals surface area contributed by atoms with E-state index in [2.05, 4.69) is 10.3 Å². The van der Waals surface area contributed by atoms with Crippen LogP contribution in [0, 0.1) is 23.0 Å². The van der Waals surface area contributed by atoms with Crippen molar-refractivity contribution >= 4 is 46.7 Å². The van der Waals surface area contributed by atoms with Gasteiger partial charge in [0.05, 0.1) is 15.4 Å². The first-order valence-electron chi connectivity index (χ1n) is 8.79. The number of nitrogens with zero attached hydrogens (tertiary/aromatic N) is 2. The minimum atomic E-state index is -0.919. The summed E-state index contributed by atoms with van der Waals surface area (Å²) in [5.41, 5.74) is 0.444. The smallest absolute Gasteiger partial charge is 0.338 e. The number of amides is 3. The molecule has 0 aliphatic rings. The Morgan fingerprint density at radius 3 is 2.67 bits per heavy atom. The molecular weight excluding hydrogens is 432 g/mol. The van der Waals surface area contributed by atoms with Gasteiger partial charge in [0, 0.05) is 23.7 Å². The molecule has 0 unspecified atom stereocenters. The van der Waals surface area contributed by atoms with Crippen LogP contribution in [0.4, 0.5) is 10.5 Å². The highest BCUT2D eigenvalue weighted by Crippen LogP contribution is 2.36. The summed E-state index contributed by atoms with van der Waals surface area (Å²) >= 11 is 2.48. The fourth-order valence-electron chi connectivity index (χ4n) is 2.06. The first-order valence-corrected chi connectivity index (χ1v) is 10.5. The van der Waals surface area contributed by atoms with Gasteiger partial charge in [-0.2, -0.15) is 0 Å². The molecule has 1 aromatic carbocycles. The Bertz CT molecular complexity index is 960. The second kappa shape index (κ2) is 10.7. The molecule has 0 fully saturated rings. The number of nitro benzene ring substituents is 1. The zero-order valence-electron chi connectivity index (χ0n) is 16.5. The van der Waals surface area contributed by atoms with E-state index in [1.807, 2.05) is 31.5 Å². The van der Waals surface area contributed by atoms with Crippen molar-refractivity contribution in [3.63, 3.8) is 0 Å². The minimum absolute atomic E-state index is 0.0848. The lowest BCUT2D eigenvalue weighted by atomic mass is 10.2. The third-order valence-electron chi connectivity index (χ3n) is 3.44. The number of nitro groups is 1. The van der Waals surface area contributed by atoms with E-state index in [9.17, 15) is 24.5 Å². The zero-order chi connectivity index (χ0) is 22.3. The van der Waals surface area contributed by atoms with Gasteiger partial charge in [0.2, 0.25) is 0 Å². The fraction of sp³-hybridized carbons (Fsp3) is 0.333. The predicted molar refractivity (Wildman–Crippen MR) is 111 cm³/mol. The van der Waals surface area contributed by atoms with Crippen LogP contribution < -0.4 is 10.6 Å². The molecule has 0 aliphatic carbocycles. The number of carbonyl (C=O) groups excluding carboxylic acids is 3. The molecular formula is C18H20N4O6S2. The summed E-state index contributed by atoms with van der Waals surface area (Å²) in [4.78, 5) is 50.7. The molecule has 1 aromatic heterocycles. The highest BCUT2D eigenvalue weighted by atomic mass is 32.2. The maximum atomic E-state index is 12.2. The second-order valence-corrected chi connectivity index (χ2v) is 8.67. The van der Waals surface area contributed by atoms with E-state index in [4.69, 9.17) is 4.74 Å². The van der Waals surface area contributed by atoms with E-state index in [-0.39, 0.29) is 17.2 Å². The number of aryl methyl sites for hydroxylation is 1. The number of thiazole rings is 1. The third kappa shape index (κ3) is 7.12. The van der Waals surface area contributed by atoms with Crippen LogP contribution in [0.15, 0.2) is 32.8 Å². The molecule has 2 N–H and O–H groups in total. The number of nitrogens with one attached hydrogen (secondary N) is 2. The van der Waals surface area contributed by atoms with Crippen molar-refractivity contribution in [3.8, 4) is 0 Å². The average Bonchev–Trinajstić information content (AvgIpc) is 3.09. The van der Waals surface area contributed by atoms with Crippen LogP contribution in [0.2, 0.25) is 0 Å². The molecule has 0 saturated carbocycles. The normalized spacial score (nSPS) is 10.5. The number of imide groups is 1. The molecule has 0 atom stereocenters. The number of hydrogen-bond acceptors (Lipinski definition) is 9. The van der Waals surface area contributed by atoms with E-state index in [1.54, 1.807) is 0 Å². The molecule has 3 amide bonds. The molecule has 2 rings (SSSR count). The molecule has 160 valence electrons. The lowest BCUT2D eigenvalue weighted by molar-refractivity contribution is -0.387. The van der Waals surface area contributed by atoms with Crippen LogP contribution >= 0.6 is 23.1 Å². The largest absolute Gasteiger partial charge is 0.452 e. The van der Waals surface area contributed by atoms with Crippen molar-refractivity contribution < 1.29 is 24.0 Å². The average molecular weight is 453 g/mol. The standard InChI is InChI=1S/C18H20N4O6S2/c1-10(2)7-19-17(25)21-15(23)8-28-16(24)12-4-5-14(13(6-12)22(26)27)30-18-20-11(3)9-29-18/h4-6,9-10H,7-8H2,1-3H3,(H2,19,21,23,25).